The molecule has 0 radical (unpaired) electrons. The molecule has 0 aliphatic carbocycles. The van der Waals surface area contributed by atoms with Gasteiger partial charge >= 0.3 is 0 Å². The summed E-state index contributed by atoms with van der Waals surface area (Å²) in [6, 6.07) is -0.273. The van der Waals surface area contributed by atoms with E-state index in [1.165, 1.54) is 12.4 Å². The van der Waals surface area contributed by atoms with Crippen molar-refractivity contribution in [2.45, 2.75) is 31.3 Å². The number of hydrogen-bond donors (Lipinski definition) is 2. The zero-order valence-corrected chi connectivity index (χ0v) is 12.4. The number of hydrogen-bond acceptors (Lipinski definition) is 5. The van der Waals surface area contributed by atoms with E-state index in [1.807, 2.05) is 14.0 Å². The summed E-state index contributed by atoms with van der Waals surface area (Å²) in [6.07, 6.45) is 2.87. The largest absolute Gasteiger partial charge is 0.380 e. The van der Waals surface area contributed by atoms with Crippen molar-refractivity contribution < 1.29 is 13.2 Å². The predicted molar refractivity (Wildman–Crippen MR) is 72.4 cm³/mol. The summed E-state index contributed by atoms with van der Waals surface area (Å²) in [5, 5.41) is 6.99. The van der Waals surface area contributed by atoms with Crippen LogP contribution in [0, 0.1) is 0 Å². The van der Waals surface area contributed by atoms with Crippen LogP contribution < -0.4 is 10.0 Å². The van der Waals surface area contributed by atoms with E-state index < -0.39 is 10.0 Å². The lowest BCUT2D eigenvalue weighted by atomic mass is 10.4. The molecule has 0 saturated heterocycles. The van der Waals surface area contributed by atoms with Crippen LogP contribution in [0.15, 0.2) is 17.3 Å². The molecule has 1 heterocycles. The van der Waals surface area contributed by atoms with Gasteiger partial charge in [0.05, 0.1) is 19.3 Å². The second-order valence-electron chi connectivity index (χ2n) is 4.22. The Morgan fingerprint density at radius 1 is 1.53 bits per heavy atom. The van der Waals surface area contributed by atoms with Crippen LogP contribution in [0.5, 0.6) is 0 Å². The molecular weight excluding hydrogens is 268 g/mol. The number of likely N-dealkylation sites (N-methyl/N-ethyl adjacent to an activating group) is 1. The Labute approximate surface area is 114 Å². The van der Waals surface area contributed by atoms with Crippen molar-refractivity contribution in [1.82, 2.24) is 19.8 Å². The van der Waals surface area contributed by atoms with E-state index in [9.17, 15) is 8.42 Å². The maximum Gasteiger partial charge on any atom is 0.244 e. The molecule has 19 heavy (non-hydrogen) atoms. The Hall–Kier alpha value is -0.960. The molecule has 1 rings (SSSR count). The summed E-state index contributed by atoms with van der Waals surface area (Å²) in [4.78, 5) is 0.173. The van der Waals surface area contributed by atoms with Gasteiger partial charge in [-0.1, -0.05) is 0 Å². The minimum atomic E-state index is -3.53. The second-order valence-corrected chi connectivity index (χ2v) is 5.94. The van der Waals surface area contributed by atoms with Crippen molar-refractivity contribution in [1.29, 1.82) is 0 Å². The molecule has 0 spiro atoms. The maximum absolute atomic E-state index is 12.1. The normalized spacial score (nSPS) is 13.6. The predicted octanol–water partition coefficient (Wildman–Crippen LogP) is -0.194. The van der Waals surface area contributed by atoms with E-state index in [1.54, 1.807) is 11.6 Å². The molecule has 0 fully saturated rings. The lowest BCUT2D eigenvalue weighted by Crippen LogP contribution is -2.35. The van der Waals surface area contributed by atoms with Crippen LogP contribution >= 0.6 is 0 Å². The lowest BCUT2D eigenvalue weighted by molar-refractivity contribution is 0.133. The number of nitrogens with zero attached hydrogens (tertiary/aromatic N) is 2. The third kappa shape index (κ3) is 5.27. The highest BCUT2D eigenvalue weighted by Crippen LogP contribution is 2.07. The van der Waals surface area contributed by atoms with Gasteiger partial charge in [0.1, 0.15) is 4.90 Å². The molecule has 0 amide bonds. The van der Waals surface area contributed by atoms with Crippen molar-refractivity contribution in [3.8, 4) is 0 Å². The fourth-order valence-corrected chi connectivity index (χ4v) is 2.67. The molecule has 8 heteroatoms. The maximum atomic E-state index is 12.1. The number of rotatable bonds is 9. The standard InChI is InChI=1S/C11H22N4O3S/c1-4-18-9-10(2)14-19(16,17)11-7-13-15(8-11)6-5-12-3/h7-8,10,12,14H,4-6,9H2,1-3H3. The van der Waals surface area contributed by atoms with E-state index in [-0.39, 0.29) is 10.9 Å². The van der Waals surface area contributed by atoms with E-state index in [0.29, 0.717) is 19.8 Å². The highest BCUT2D eigenvalue weighted by Gasteiger charge is 2.19. The van der Waals surface area contributed by atoms with Gasteiger partial charge in [0.2, 0.25) is 10.0 Å². The van der Waals surface area contributed by atoms with Crippen LogP contribution in [0.25, 0.3) is 0 Å². The summed E-state index contributed by atoms with van der Waals surface area (Å²) in [6.45, 7) is 5.90. The molecule has 1 atom stereocenters. The summed E-state index contributed by atoms with van der Waals surface area (Å²) in [5.41, 5.74) is 0. The van der Waals surface area contributed by atoms with Crippen LogP contribution in [0.3, 0.4) is 0 Å². The molecule has 1 aromatic rings. The number of nitrogens with one attached hydrogen (secondary N) is 2. The average molecular weight is 290 g/mol. The Morgan fingerprint density at radius 2 is 2.26 bits per heavy atom. The Kier molecular flexibility index (Phi) is 6.43. The monoisotopic (exact) mass is 290 g/mol. The molecule has 1 unspecified atom stereocenters. The first-order valence-electron chi connectivity index (χ1n) is 6.26. The van der Waals surface area contributed by atoms with E-state index >= 15 is 0 Å². The number of sulfonamides is 1. The van der Waals surface area contributed by atoms with Crippen molar-refractivity contribution >= 4 is 10.0 Å². The number of ether oxygens (including phenoxy) is 1. The first kappa shape index (κ1) is 16.1. The number of aromatic nitrogens is 2. The molecule has 0 aliphatic rings. The van der Waals surface area contributed by atoms with Gasteiger partial charge in [-0.25, -0.2) is 13.1 Å². The van der Waals surface area contributed by atoms with Crippen LogP contribution in [0.2, 0.25) is 0 Å². The smallest absolute Gasteiger partial charge is 0.244 e. The summed E-state index contributed by atoms with van der Waals surface area (Å²) in [7, 11) is -1.70. The topological polar surface area (TPSA) is 85.2 Å². The average Bonchev–Trinajstić information content (AvgIpc) is 2.83. The molecule has 7 nitrogen and oxygen atoms in total. The van der Waals surface area contributed by atoms with Gasteiger partial charge in [-0.2, -0.15) is 5.10 Å². The highest BCUT2D eigenvalue weighted by atomic mass is 32.2. The summed E-state index contributed by atoms with van der Waals surface area (Å²) < 4.78 is 33.4. The van der Waals surface area contributed by atoms with Crippen LogP contribution in [0.1, 0.15) is 13.8 Å². The second kappa shape index (κ2) is 7.59. The molecule has 0 saturated carbocycles. The Morgan fingerprint density at radius 3 is 2.89 bits per heavy atom. The quantitative estimate of drug-likeness (QED) is 0.658. The zero-order chi connectivity index (χ0) is 14.3. The van der Waals surface area contributed by atoms with Crippen molar-refractivity contribution in [2.75, 3.05) is 26.8 Å². The first-order valence-corrected chi connectivity index (χ1v) is 7.75. The van der Waals surface area contributed by atoms with Crippen LogP contribution in [0.4, 0.5) is 0 Å². The van der Waals surface area contributed by atoms with E-state index in [4.69, 9.17) is 4.74 Å². The SMILES string of the molecule is CCOCC(C)NS(=O)(=O)c1cnn(CCNC)c1. The van der Waals surface area contributed by atoms with Crippen molar-refractivity contribution in [3.63, 3.8) is 0 Å². The lowest BCUT2D eigenvalue weighted by Gasteiger charge is -2.12. The van der Waals surface area contributed by atoms with Gasteiger partial charge < -0.3 is 10.1 Å². The van der Waals surface area contributed by atoms with Gasteiger partial charge in [-0.15, -0.1) is 0 Å². The van der Waals surface area contributed by atoms with Gasteiger partial charge in [0, 0.05) is 25.4 Å². The summed E-state index contributed by atoms with van der Waals surface area (Å²) >= 11 is 0. The third-order valence-electron chi connectivity index (χ3n) is 2.44. The molecular formula is C11H22N4O3S. The van der Waals surface area contributed by atoms with Crippen LogP contribution in [-0.4, -0.2) is 51.0 Å². The summed E-state index contributed by atoms with van der Waals surface area (Å²) in [5.74, 6) is 0. The minimum absolute atomic E-state index is 0.173. The molecule has 0 aromatic carbocycles. The fraction of sp³-hybridized carbons (Fsp3) is 0.727. The molecule has 0 bridgehead atoms. The van der Waals surface area contributed by atoms with E-state index in [0.717, 1.165) is 6.54 Å². The van der Waals surface area contributed by atoms with Gasteiger partial charge in [0.15, 0.2) is 0 Å². The first-order chi connectivity index (χ1) is 8.99. The Balaban J connectivity index is 2.63. The Bertz CT molecular complexity index is 472. The van der Waals surface area contributed by atoms with Gasteiger partial charge in [0.25, 0.3) is 0 Å². The minimum Gasteiger partial charge on any atom is -0.380 e. The van der Waals surface area contributed by atoms with E-state index in [2.05, 4.69) is 15.1 Å². The molecule has 1 aromatic heterocycles. The van der Waals surface area contributed by atoms with Crippen molar-refractivity contribution in [2.24, 2.45) is 0 Å². The van der Waals surface area contributed by atoms with Crippen molar-refractivity contribution in [3.05, 3.63) is 12.4 Å². The zero-order valence-electron chi connectivity index (χ0n) is 11.6. The fourth-order valence-electron chi connectivity index (χ4n) is 1.49. The van der Waals surface area contributed by atoms with Gasteiger partial charge in [-0.3, -0.25) is 4.68 Å². The molecule has 0 aliphatic heterocycles. The third-order valence-corrected chi connectivity index (χ3v) is 3.98. The molecule has 110 valence electrons. The molecule has 2 N–H and O–H groups in total. The van der Waals surface area contributed by atoms with Crippen LogP contribution in [-0.2, 0) is 21.3 Å². The highest BCUT2D eigenvalue weighted by molar-refractivity contribution is 7.89. The van der Waals surface area contributed by atoms with Gasteiger partial charge in [-0.05, 0) is 20.9 Å².